The summed E-state index contributed by atoms with van der Waals surface area (Å²) in [4.78, 5) is 43.8. The van der Waals surface area contributed by atoms with Crippen LogP contribution in [-0.2, 0) is 16.1 Å². The summed E-state index contributed by atoms with van der Waals surface area (Å²) in [7, 11) is 0. The molecule has 2 aliphatic heterocycles. The Morgan fingerprint density at radius 1 is 1.25 bits per heavy atom. The predicted octanol–water partition coefficient (Wildman–Crippen LogP) is 2.09. The van der Waals surface area contributed by atoms with Crippen molar-refractivity contribution in [1.82, 2.24) is 20.0 Å². The summed E-state index contributed by atoms with van der Waals surface area (Å²) in [6.07, 6.45) is 0.436. The van der Waals surface area contributed by atoms with Crippen LogP contribution in [0.4, 0.5) is 4.79 Å². The number of carbonyl (C=O) groups is 3. The van der Waals surface area contributed by atoms with Crippen LogP contribution in [0.5, 0.6) is 0 Å². The molecule has 3 rings (SSSR count). The van der Waals surface area contributed by atoms with E-state index in [0.29, 0.717) is 31.1 Å². The van der Waals surface area contributed by atoms with Gasteiger partial charge in [0.1, 0.15) is 12.1 Å². The van der Waals surface area contributed by atoms with E-state index in [2.05, 4.69) is 5.32 Å². The summed E-state index contributed by atoms with van der Waals surface area (Å²) >= 11 is 5.97. The minimum Gasteiger partial charge on any atom is -0.338 e. The molecule has 1 aromatic carbocycles. The maximum absolute atomic E-state index is 13.5. The van der Waals surface area contributed by atoms with Crippen molar-refractivity contribution in [2.75, 3.05) is 26.2 Å². The lowest BCUT2D eigenvalue weighted by molar-refractivity contribution is -0.166. The Kier molecular flexibility index (Phi) is 5.84. The molecule has 2 heterocycles. The van der Waals surface area contributed by atoms with E-state index in [1.54, 1.807) is 26.8 Å². The summed E-state index contributed by atoms with van der Waals surface area (Å²) in [5.74, 6) is -0.177. The molecule has 2 fully saturated rings. The number of piperazine rings is 1. The number of hydrogen-bond acceptors (Lipinski definition) is 3. The van der Waals surface area contributed by atoms with E-state index < -0.39 is 5.54 Å². The second-order valence-electron chi connectivity index (χ2n) is 7.67. The number of urea groups is 1. The second-order valence-corrected chi connectivity index (χ2v) is 8.11. The van der Waals surface area contributed by atoms with Crippen molar-refractivity contribution in [1.29, 1.82) is 0 Å². The Bertz CT molecular complexity index is 767. The highest BCUT2D eigenvalue weighted by molar-refractivity contribution is 6.30. The van der Waals surface area contributed by atoms with Crippen LogP contribution in [0.25, 0.3) is 0 Å². The van der Waals surface area contributed by atoms with E-state index in [9.17, 15) is 14.4 Å². The van der Waals surface area contributed by atoms with Gasteiger partial charge in [0.05, 0.1) is 6.54 Å². The van der Waals surface area contributed by atoms with Crippen LogP contribution < -0.4 is 5.32 Å². The van der Waals surface area contributed by atoms with Crippen LogP contribution >= 0.6 is 11.6 Å². The quantitative estimate of drug-likeness (QED) is 0.832. The van der Waals surface area contributed by atoms with Crippen molar-refractivity contribution in [3.05, 3.63) is 34.9 Å². The molecule has 2 saturated heterocycles. The largest absolute Gasteiger partial charge is 0.338 e. The van der Waals surface area contributed by atoms with E-state index >= 15 is 0 Å². The van der Waals surface area contributed by atoms with E-state index in [4.69, 9.17) is 11.6 Å². The molecule has 1 N–H and O–H groups in total. The molecular weight excluding hydrogens is 380 g/mol. The van der Waals surface area contributed by atoms with Gasteiger partial charge in [-0.15, -0.1) is 0 Å². The smallest absolute Gasteiger partial charge is 0.317 e. The Labute approximate surface area is 170 Å². The number of nitrogens with one attached hydrogen (secondary N) is 1. The first kappa shape index (κ1) is 20.5. The van der Waals surface area contributed by atoms with Crippen molar-refractivity contribution < 1.29 is 14.4 Å². The molecule has 28 heavy (non-hydrogen) atoms. The third kappa shape index (κ3) is 3.68. The van der Waals surface area contributed by atoms with Gasteiger partial charge in [0, 0.05) is 30.7 Å². The first-order chi connectivity index (χ1) is 13.3. The number of benzene rings is 1. The van der Waals surface area contributed by atoms with E-state index in [1.807, 2.05) is 32.9 Å². The zero-order chi connectivity index (χ0) is 20.5. The number of halogens is 1. The molecule has 0 saturated carbocycles. The van der Waals surface area contributed by atoms with E-state index in [-0.39, 0.29) is 37.0 Å². The van der Waals surface area contributed by atoms with Gasteiger partial charge in [0.15, 0.2) is 0 Å². The van der Waals surface area contributed by atoms with Gasteiger partial charge >= 0.3 is 6.03 Å². The predicted molar refractivity (Wildman–Crippen MR) is 107 cm³/mol. The summed E-state index contributed by atoms with van der Waals surface area (Å²) in [5.41, 5.74) is -0.121. The SMILES string of the molecule is CCNC(=O)N1CC[C@@]2(C1)C(=O)N(C(C)C)CC(=O)N2Cc1ccc(Cl)cc1. The topological polar surface area (TPSA) is 73.0 Å². The van der Waals surface area contributed by atoms with E-state index in [1.165, 1.54) is 0 Å². The standard InChI is InChI=1S/C20H27ClN4O3/c1-4-22-19(28)23-10-9-20(13-23)18(27)24(14(2)3)12-17(26)25(20)11-15-5-7-16(21)8-6-15/h5-8,14H,4,9-13H2,1-3H3,(H,22,28)/t20-/m1/s1. The molecule has 2 aliphatic rings. The number of hydrogen-bond donors (Lipinski definition) is 1. The minimum atomic E-state index is -1.02. The van der Waals surface area contributed by atoms with Gasteiger partial charge in [-0.2, -0.15) is 0 Å². The molecule has 152 valence electrons. The molecule has 0 aliphatic carbocycles. The molecular formula is C20H27ClN4O3. The number of amides is 4. The normalized spacial score (nSPS) is 22.5. The molecule has 0 bridgehead atoms. The average molecular weight is 407 g/mol. The van der Waals surface area contributed by atoms with Crippen LogP contribution in [0.1, 0.15) is 32.8 Å². The number of nitrogens with zero attached hydrogens (tertiary/aromatic N) is 3. The summed E-state index contributed by atoms with van der Waals surface area (Å²) < 4.78 is 0. The van der Waals surface area contributed by atoms with Crippen molar-refractivity contribution in [2.45, 2.75) is 45.3 Å². The number of carbonyl (C=O) groups excluding carboxylic acids is 3. The van der Waals surface area contributed by atoms with Gasteiger partial charge < -0.3 is 20.0 Å². The molecule has 0 unspecified atom stereocenters. The highest BCUT2D eigenvalue weighted by atomic mass is 35.5. The number of rotatable bonds is 4. The van der Waals surface area contributed by atoms with Crippen LogP contribution in [0.2, 0.25) is 5.02 Å². The van der Waals surface area contributed by atoms with Gasteiger partial charge in [-0.25, -0.2) is 4.79 Å². The fraction of sp³-hybridized carbons (Fsp3) is 0.550. The summed E-state index contributed by atoms with van der Waals surface area (Å²) in [5, 5.41) is 3.40. The first-order valence-corrected chi connectivity index (χ1v) is 10.0. The van der Waals surface area contributed by atoms with Crippen molar-refractivity contribution in [3.63, 3.8) is 0 Å². The summed E-state index contributed by atoms with van der Waals surface area (Å²) in [6.45, 7) is 7.21. The zero-order valence-electron chi connectivity index (χ0n) is 16.6. The lowest BCUT2D eigenvalue weighted by atomic mass is 9.89. The van der Waals surface area contributed by atoms with Crippen molar-refractivity contribution >= 4 is 29.4 Å². The fourth-order valence-electron chi connectivity index (χ4n) is 3.98. The molecule has 0 aromatic heterocycles. The highest BCUT2D eigenvalue weighted by Crippen LogP contribution is 2.35. The maximum Gasteiger partial charge on any atom is 0.317 e. The van der Waals surface area contributed by atoms with Crippen LogP contribution in [0.15, 0.2) is 24.3 Å². The second kappa shape index (κ2) is 7.99. The Morgan fingerprint density at radius 3 is 2.54 bits per heavy atom. The van der Waals surface area contributed by atoms with Gasteiger partial charge in [-0.05, 0) is 44.9 Å². The molecule has 1 spiro atoms. The molecule has 0 radical (unpaired) electrons. The van der Waals surface area contributed by atoms with Crippen LogP contribution in [-0.4, -0.2) is 70.3 Å². The number of likely N-dealkylation sites (tertiary alicyclic amines) is 1. The van der Waals surface area contributed by atoms with Crippen molar-refractivity contribution in [3.8, 4) is 0 Å². The Morgan fingerprint density at radius 2 is 1.93 bits per heavy atom. The van der Waals surface area contributed by atoms with Gasteiger partial charge in [-0.1, -0.05) is 23.7 Å². The molecule has 8 heteroatoms. The lowest BCUT2D eigenvalue weighted by Gasteiger charge is -2.48. The minimum absolute atomic E-state index is 0.0625. The average Bonchev–Trinajstić information content (AvgIpc) is 3.10. The highest BCUT2D eigenvalue weighted by Gasteiger charge is 2.56. The Hall–Kier alpha value is -2.28. The molecule has 1 atom stereocenters. The lowest BCUT2D eigenvalue weighted by Crippen LogP contribution is -2.70. The first-order valence-electron chi connectivity index (χ1n) is 9.67. The van der Waals surface area contributed by atoms with Gasteiger partial charge in [0.25, 0.3) is 5.91 Å². The fourth-order valence-corrected chi connectivity index (χ4v) is 4.10. The molecule has 1 aromatic rings. The monoisotopic (exact) mass is 406 g/mol. The van der Waals surface area contributed by atoms with Crippen molar-refractivity contribution in [2.24, 2.45) is 0 Å². The third-order valence-corrected chi connectivity index (χ3v) is 5.77. The van der Waals surface area contributed by atoms with Gasteiger partial charge in [-0.3, -0.25) is 9.59 Å². The molecule has 7 nitrogen and oxygen atoms in total. The maximum atomic E-state index is 13.5. The van der Waals surface area contributed by atoms with Crippen LogP contribution in [0, 0.1) is 0 Å². The zero-order valence-corrected chi connectivity index (χ0v) is 17.3. The molecule has 4 amide bonds. The summed E-state index contributed by atoms with van der Waals surface area (Å²) in [6, 6.07) is 6.99. The Balaban J connectivity index is 1.93. The van der Waals surface area contributed by atoms with Gasteiger partial charge in [0.2, 0.25) is 5.91 Å². The third-order valence-electron chi connectivity index (χ3n) is 5.52. The van der Waals surface area contributed by atoms with Crippen LogP contribution in [0.3, 0.4) is 0 Å². The van der Waals surface area contributed by atoms with E-state index in [0.717, 1.165) is 5.56 Å².